The number of furan rings is 1. The van der Waals surface area contributed by atoms with Crippen molar-refractivity contribution in [3.05, 3.63) is 23.7 Å². The Morgan fingerprint density at radius 2 is 2.17 bits per heavy atom. The molecule has 1 aliphatic carbocycles. The van der Waals surface area contributed by atoms with Gasteiger partial charge in [0.15, 0.2) is 5.96 Å². The van der Waals surface area contributed by atoms with Crippen molar-refractivity contribution in [3.8, 4) is 0 Å². The van der Waals surface area contributed by atoms with E-state index in [9.17, 15) is 4.79 Å². The first kappa shape index (κ1) is 20.8. The molecule has 0 saturated heterocycles. The van der Waals surface area contributed by atoms with Crippen LogP contribution < -0.4 is 16.0 Å². The average molecular weight is 448 g/mol. The Kier molecular flexibility index (Phi) is 9.17. The van der Waals surface area contributed by atoms with E-state index in [0.29, 0.717) is 19.0 Å². The number of aliphatic imine (C=N–C) groups is 1. The predicted octanol–water partition coefficient (Wildman–Crippen LogP) is 2.88. The highest BCUT2D eigenvalue weighted by molar-refractivity contribution is 14.0. The molecule has 0 bridgehead atoms. The van der Waals surface area contributed by atoms with Gasteiger partial charge in [-0.3, -0.25) is 9.79 Å². The highest BCUT2D eigenvalue weighted by Crippen LogP contribution is 2.18. The number of nitrogens with one attached hydrogen (secondary N) is 3. The summed E-state index contributed by atoms with van der Waals surface area (Å²) in [5.41, 5.74) is 0. The fourth-order valence-electron chi connectivity index (χ4n) is 2.24. The van der Waals surface area contributed by atoms with Gasteiger partial charge in [0, 0.05) is 25.6 Å². The van der Waals surface area contributed by atoms with E-state index in [0.717, 1.165) is 43.3 Å². The maximum atomic E-state index is 11.6. The largest absolute Gasteiger partial charge is 0.464 e. The van der Waals surface area contributed by atoms with E-state index >= 15 is 0 Å². The number of carbonyl (C=O) groups is 1. The summed E-state index contributed by atoms with van der Waals surface area (Å²) < 4.78 is 5.63. The molecule has 3 N–H and O–H groups in total. The number of aryl methyl sites for hydroxylation is 1. The Labute approximate surface area is 161 Å². The minimum Gasteiger partial charge on any atom is -0.464 e. The predicted molar refractivity (Wildman–Crippen MR) is 107 cm³/mol. The van der Waals surface area contributed by atoms with Crippen molar-refractivity contribution in [1.29, 1.82) is 0 Å². The van der Waals surface area contributed by atoms with Crippen molar-refractivity contribution in [2.24, 2.45) is 4.99 Å². The molecule has 0 spiro atoms. The molecule has 1 amide bonds. The van der Waals surface area contributed by atoms with Crippen molar-refractivity contribution in [1.82, 2.24) is 16.0 Å². The average Bonchev–Trinajstić information content (AvgIpc) is 3.21. The van der Waals surface area contributed by atoms with Crippen LogP contribution in [0.2, 0.25) is 0 Å². The molecule has 0 radical (unpaired) electrons. The Bertz CT molecular complexity index is 540. The topological polar surface area (TPSA) is 78.7 Å². The van der Waals surface area contributed by atoms with E-state index in [4.69, 9.17) is 4.42 Å². The minimum atomic E-state index is 0. The van der Waals surface area contributed by atoms with E-state index in [1.165, 1.54) is 0 Å². The number of halogens is 1. The van der Waals surface area contributed by atoms with Gasteiger partial charge in [-0.1, -0.05) is 0 Å². The number of amides is 1. The molecule has 0 aliphatic heterocycles. The van der Waals surface area contributed by atoms with Crippen LogP contribution in [0.1, 0.15) is 57.1 Å². The third kappa shape index (κ3) is 7.55. The zero-order chi connectivity index (χ0) is 16.7. The van der Waals surface area contributed by atoms with Crippen molar-refractivity contribution >= 4 is 35.8 Å². The second-order valence-corrected chi connectivity index (χ2v) is 6.02. The van der Waals surface area contributed by atoms with Gasteiger partial charge in [-0.05, 0) is 52.2 Å². The molecule has 6 nitrogen and oxygen atoms in total. The molecule has 7 heteroatoms. The quantitative estimate of drug-likeness (QED) is 0.247. The van der Waals surface area contributed by atoms with Gasteiger partial charge in [-0.15, -0.1) is 24.0 Å². The lowest BCUT2D eigenvalue weighted by atomic mass is 10.2. The van der Waals surface area contributed by atoms with Gasteiger partial charge in [0.2, 0.25) is 5.91 Å². The standard InChI is InChI=1S/C17H28N4O2.HI/c1-4-18-17(20-13(3)15-10-7-12(2)23-15)19-11-5-6-16(22)21-14-8-9-14;/h7,10,13-14H,4-6,8-9,11H2,1-3H3,(H,21,22)(H2,18,19,20);1H. The maximum Gasteiger partial charge on any atom is 0.220 e. The highest BCUT2D eigenvalue weighted by Gasteiger charge is 2.22. The van der Waals surface area contributed by atoms with E-state index in [-0.39, 0.29) is 35.9 Å². The zero-order valence-corrected chi connectivity index (χ0v) is 17.1. The van der Waals surface area contributed by atoms with Crippen LogP contribution >= 0.6 is 24.0 Å². The lowest BCUT2D eigenvalue weighted by Crippen LogP contribution is -2.38. The van der Waals surface area contributed by atoms with Crippen molar-refractivity contribution in [2.45, 2.75) is 58.5 Å². The molecule has 1 unspecified atom stereocenters. The third-order valence-electron chi connectivity index (χ3n) is 3.66. The Morgan fingerprint density at radius 1 is 1.42 bits per heavy atom. The fourth-order valence-corrected chi connectivity index (χ4v) is 2.24. The summed E-state index contributed by atoms with van der Waals surface area (Å²) in [5, 5.41) is 9.53. The summed E-state index contributed by atoms with van der Waals surface area (Å²) in [7, 11) is 0. The van der Waals surface area contributed by atoms with Gasteiger partial charge < -0.3 is 20.4 Å². The van der Waals surface area contributed by atoms with Gasteiger partial charge >= 0.3 is 0 Å². The second kappa shape index (κ2) is 10.6. The summed E-state index contributed by atoms with van der Waals surface area (Å²) in [6.45, 7) is 7.41. The molecule has 0 aromatic carbocycles. The van der Waals surface area contributed by atoms with Crippen LogP contribution in [0.25, 0.3) is 0 Å². The van der Waals surface area contributed by atoms with E-state index in [1.54, 1.807) is 0 Å². The van der Waals surface area contributed by atoms with Crippen LogP contribution in [-0.2, 0) is 4.79 Å². The summed E-state index contributed by atoms with van der Waals surface area (Å²) in [4.78, 5) is 16.2. The first-order chi connectivity index (χ1) is 11.1. The minimum absolute atomic E-state index is 0. The lowest BCUT2D eigenvalue weighted by molar-refractivity contribution is -0.121. The van der Waals surface area contributed by atoms with Gasteiger partial charge in [-0.25, -0.2) is 0 Å². The van der Waals surface area contributed by atoms with Crippen molar-refractivity contribution < 1.29 is 9.21 Å². The molecule has 1 fully saturated rings. The van der Waals surface area contributed by atoms with Crippen molar-refractivity contribution in [2.75, 3.05) is 13.1 Å². The van der Waals surface area contributed by atoms with Crippen molar-refractivity contribution in [3.63, 3.8) is 0 Å². The van der Waals surface area contributed by atoms with Gasteiger partial charge in [0.1, 0.15) is 11.5 Å². The number of rotatable bonds is 8. The normalized spacial score (nSPS) is 15.4. The summed E-state index contributed by atoms with van der Waals surface area (Å²) >= 11 is 0. The molecular weight excluding hydrogens is 419 g/mol. The fraction of sp³-hybridized carbons (Fsp3) is 0.647. The van der Waals surface area contributed by atoms with Crippen LogP contribution in [0, 0.1) is 6.92 Å². The summed E-state index contributed by atoms with van der Waals surface area (Å²) in [6, 6.07) is 4.40. The molecule has 1 aliphatic rings. The Hall–Kier alpha value is -1.25. The second-order valence-electron chi connectivity index (χ2n) is 6.02. The Balaban J connectivity index is 0.00000288. The molecule has 2 rings (SSSR count). The first-order valence-corrected chi connectivity index (χ1v) is 8.49. The Morgan fingerprint density at radius 3 is 2.75 bits per heavy atom. The van der Waals surface area contributed by atoms with Gasteiger partial charge in [0.05, 0.1) is 6.04 Å². The van der Waals surface area contributed by atoms with Crippen LogP contribution in [0.15, 0.2) is 21.5 Å². The van der Waals surface area contributed by atoms with E-state index in [2.05, 4.69) is 20.9 Å². The third-order valence-corrected chi connectivity index (χ3v) is 3.66. The summed E-state index contributed by atoms with van der Waals surface area (Å²) in [5.74, 6) is 2.67. The highest BCUT2D eigenvalue weighted by atomic mass is 127. The van der Waals surface area contributed by atoms with Crippen LogP contribution in [0.5, 0.6) is 0 Å². The number of carbonyl (C=O) groups excluding carboxylic acids is 1. The molecular formula is C17H29IN4O2. The van der Waals surface area contributed by atoms with E-state index in [1.807, 2.05) is 32.9 Å². The van der Waals surface area contributed by atoms with Crippen LogP contribution in [-0.4, -0.2) is 31.0 Å². The molecule has 24 heavy (non-hydrogen) atoms. The molecule has 1 aromatic rings. The zero-order valence-electron chi connectivity index (χ0n) is 14.7. The van der Waals surface area contributed by atoms with Gasteiger partial charge in [0.25, 0.3) is 0 Å². The molecule has 1 saturated carbocycles. The van der Waals surface area contributed by atoms with E-state index < -0.39 is 0 Å². The number of guanidine groups is 1. The molecule has 136 valence electrons. The SMILES string of the molecule is CCNC(=NCCCC(=O)NC1CC1)NC(C)c1ccc(C)o1.I. The van der Waals surface area contributed by atoms with Gasteiger partial charge in [-0.2, -0.15) is 0 Å². The smallest absolute Gasteiger partial charge is 0.220 e. The summed E-state index contributed by atoms with van der Waals surface area (Å²) in [6.07, 6.45) is 3.54. The number of hydrogen-bond donors (Lipinski definition) is 3. The molecule has 1 aromatic heterocycles. The van der Waals surface area contributed by atoms with Crippen LogP contribution in [0.3, 0.4) is 0 Å². The maximum absolute atomic E-state index is 11.6. The monoisotopic (exact) mass is 448 g/mol. The molecule has 1 atom stereocenters. The lowest BCUT2D eigenvalue weighted by Gasteiger charge is -2.16. The first-order valence-electron chi connectivity index (χ1n) is 8.49. The van der Waals surface area contributed by atoms with Crippen LogP contribution in [0.4, 0.5) is 0 Å². The number of nitrogens with zero attached hydrogens (tertiary/aromatic N) is 1. The molecule has 1 heterocycles. The number of hydrogen-bond acceptors (Lipinski definition) is 3.